The number of hydrogen-bond acceptors (Lipinski definition) is 3. The largest absolute Gasteiger partial charge is 0.338 e. The second-order valence-electron chi connectivity index (χ2n) is 3.14. The molecule has 0 saturated carbocycles. The van der Waals surface area contributed by atoms with E-state index in [-0.39, 0.29) is 12.3 Å². The number of fused-ring (bicyclic) bond motifs is 1. The van der Waals surface area contributed by atoms with Crippen molar-refractivity contribution < 1.29 is 0 Å². The molecule has 3 N–H and O–H groups in total. The summed E-state index contributed by atoms with van der Waals surface area (Å²) in [7, 11) is 3.90. The molecule has 2 aliphatic rings. The molecule has 0 aromatic rings. The van der Waals surface area contributed by atoms with Crippen molar-refractivity contribution >= 4 is 34.7 Å². The first-order valence-corrected chi connectivity index (χ1v) is 4.74. The van der Waals surface area contributed by atoms with Crippen LogP contribution in [0.4, 0.5) is 0 Å². The van der Waals surface area contributed by atoms with E-state index in [1.54, 1.807) is 0 Å². The molecule has 2 aliphatic heterocycles. The first kappa shape index (κ1) is 8.92. The number of hydrogen-bond donors (Lipinski definition) is 3. The molecule has 2 fully saturated rings. The predicted molar refractivity (Wildman–Crippen MR) is 57.7 cm³/mol. The van der Waals surface area contributed by atoms with Gasteiger partial charge in [-0.15, -0.1) is 0 Å². The fourth-order valence-corrected chi connectivity index (χ4v) is 1.98. The third-order valence-electron chi connectivity index (χ3n) is 2.35. The third-order valence-corrected chi connectivity index (χ3v) is 3.15. The van der Waals surface area contributed by atoms with Crippen molar-refractivity contribution in [1.29, 1.82) is 0 Å². The van der Waals surface area contributed by atoms with Crippen LogP contribution in [0, 0.1) is 0 Å². The molecule has 0 bridgehead atoms. The van der Waals surface area contributed by atoms with Gasteiger partial charge >= 0.3 is 0 Å². The summed E-state index contributed by atoms with van der Waals surface area (Å²) < 4.78 is 0. The quantitative estimate of drug-likeness (QED) is 0.440. The highest BCUT2D eigenvalue weighted by atomic mass is 32.1. The SMILES string of the molecule is CN1C(=S)N(C)C2NC(=S)NNC21. The van der Waals surface area contributed by atoms with Crippen molar-refractivity contribution in [3.63, 3.8) is 0 Å². The van der Waals surface area contributed by atoms with Gasteiger partial charge in [0.05, 0.1) is 0 Å². The van der Waals surface area contributed by atoms with Crippen LogP contribution in [0.5, 0.6) is 0 Å². The summed E-state index contributed by atoms with van der Waals surface area (Å²) in [5.74, 6) is 0. The molecule has 0 aromatic carbocycles. The lowest BCUT2D eigenvalue weighted by Crippen LogP contribution is -2.67. The summed E-state index contributed by atoms with van der Waals surface area (Å²) in [5, 5.41) is 4.55. The second-order valence-corrected chi connectivity index (χ2v) is 3.91. The Hall–Kier alpha value is -0.660. The van der Waals surface area contributed by atoms with E-state index in [4.69, 9.17) is 24.4 Å². The molecule has 7 heteroatoms. The van der Waals surface area contributed by atoms with E-state index in [0.717, 1.165) is 5.11 Å². The Balaban J connectivity index is 2.22. The van der Waals surface area contributed by atoms with Crippen molar-refractivity contribution in [2.24, 2.45) is 0 Å². The molecule has 2 saturated heterocycles. The molecule has 0 spiro atoms. The van der Waals surface area contributed by atoms with Gasteiger partial charge in [0.15, 0.2) is 10.2 Å². The summed E-state index contributed by atoms with van der Waals surface area (Å²) in [6.07, 6.45) is 0.246. The monoisotopic (exact) mass is 217 g/mol. The molecular formula is C6H11N5S2. The maximum Gasteiger partial charge on any atom is 0.182 e. The Kier molecular flexibility index (Phi) is 2.01. The second kappa shape index (κ2) is 2.93. The van der Waals surface area contributed by atoms with Gasteiger partial charge in [0.1, 0.15) is 12.3 Å². The molecular weight excluding hydrogens is 206 g/mol. The number of thiocarbonyl (C=S) groups is 2. The van der Waals surface area contributed by atoms with Crippen LogP contribution >= 0.6 is 24.4 Å². The molecule has 0 amide bonds. The lowest BCUT2D eigenvalue weighted by molar-refractivity contribution is 0.213. The van der Waals surface area contributed by atoms with E-state index in [1.807, 2.05) is 23.9 Å². The van der Waals surface area contributed by atoms with Gasteiger partial charge in [-0.2, -0.15) is 0 Å². The number of nitrogens with one attached hydrogen (secondary N) is 3. The van der Waals surface area contributed by atoms with Crippen LogP contribution in [0.3, 0.4) is 0 Å². The Morgan fingerprint density at radius 2 is 1.77 bits per heavy atom. The average Bonchev–Trinajstić information content (AvgIpc) is 2.32. The van der Waals surface area contributed by atoms with Gasteiger partial charge in [0, 0.05) is 14.1 Å². The van der Waals surface area contributed by atoms with Crippen molar-refractivity contribution in [2.45, 2.75) is 12.3 Å². The fourth-order valence-electron chi connectivity index (χ4n) is 1.57. The predicted octanol–water partition coefficient (Wildman–Crippen LogP) is -1.22. The van der Waals surface area contributed by atoms with Crippen molar-refractivity contribution in [1.82, 2.24) is 26.0 Å². The number of likely N-dealkylation sites (N-methyl/N-ethyl adjacent to an activating group) is 2. The third kappa shape index (κ3) is 1.23. The molecule has 0 aliphatic carbocycles. The summed E-state index contributed by atoms with van der Waals surface area (Å²) in [6, 6.07) is 0. The van der Waals surface area contributed by atoms with Crippen LogP contribution in [0.2, 0.25) is 0 Å². The highest BCUT2D eigenvalue weighted by molar-refractivity contribution is 7.80. The normalized spacial score (nSPS) is 32.8. The maximum atomic E-state index is 5.22. The molecule has 0 aromatic heterocycles. The molecule has 2 heterocycles. The van der Waals surface area contributed by atoms with Crippen LogP contribution in [0.1, 0.15) is 0 Å². The minimum Gasteiger partial charge on any atom is -0.338 e. The molecule has 0 radical (unpaired) electrons. The highest BCUT2D eigenvalue weighted by Gasteiger charge is 2.41. The van der Waals surface area contributed by atoms with Gasteiger partial charge < -0.3 is 15.1 Å². The first-order chi connectivity index (χ1) is 6.11. The minimum absolute atomic E-state index is 0.117. The van der Waals surface area contributed by atoms with Crippen LogP contribution in [-0.4, -0.2) is 46.5 Å². The number of nitrogens with zero attached hydrogens (tertiary/aromatic N) is 2. The molecule has 72 valence electrons. The van der Waals surface area contributed by atoms with Gasteiger partial charge in [-0.1, -0.05) is 0 Å². The van der Waals surface area contributed by atoms with Crippen LogP contribution < -0.4 is 16.2 Å². The van der Waals surface area contributed by atoms with E-state index < -0.39 is 0 Å². The first-order valence-electron chi connectivity index (χ1n) is 3.93. The molecule has 5 nitrogen and oxygen atoms in total. The van der Waals surface area contributed by atoms with E-state index in [1.165, 1.54) is 0 Å². The summed E-state index contributed by atoms with van der Waals surface area (Å²) in [6.45, 7) is 0. The van der Waals surface area contributed by atoms with E-state index in [0.29, 0.717) is 5.11 Å². The van der Waals surface area contributed by atoms with Crippen LogP contribution in [0.25, 0.3) is 0 Å². The Labute approximate surface area is 87.4 Å². The van der Waals surface area contributed by atoms with E-state index >= 15 is 0 Å². The maximum absolute atomic E-state index is 5.22. The zero-order chi connectivity index (χ0) is 9.59. The fraction of sp³-hybridized carbons (Fsp3) is 0.667. The summed E-state index contributed by atoms with van der Waals surface area (Å²) >= 11 is 10.2. The summed E-state index contributed by atoms with van der Waals surface area (Å²) in [5.41, 5.74) is 5.95. The standard InChI is InChI=1S/C6H11N5S2/c1-10-3-4(11(2)6(10)13)8-9-5(12)7-3/h3-4,8H,1-2H3,(H2,7,9,12). The van der Waals surface area contributed by atoms with Crippen LogP contribution in [-0.2, 0) is 0 Å². The van der Waals surface area contributed by atoms with Crippen LogP contribution in [0.15, 0.2) is 0 Å². The smallest absolute Gasteiger partial charge is 0.182 e. The van der Waals surface area contributed by atoms with Crippen molar-refractivity contribution in [3.8, 4) is 0 Å². The lowest BCUT2D eigenvalue weighted by Gasteiger charge is -2.33. The van der Waals surface area contributed by atoms with Crippen molar-refractivity contribution in [3.05, 3.63) is 0 Å². The lowest BCUT2D eigenvalue weighted by atomic mass is 10.3. The van der Waals surface area contributed by atoms with Crippen molar-refractivity contribution in [2.75, 3.05) is 14.1 Å². The summed E-state index contributed by atoms with van der Waals surface area (Å²) in [4.78, 5) is 3.97. The Morgan fingerprint density at radius 1 is 1.15 bits per heavy atom. The highest BCUT2D eigenvalue weighted by Crippen LogP contribution is 2.17. The van der Waals surface area contributed by atoms with Gasteiger partial charge in [-0.3, -0.25) is 5.43 Å². The zero-order valence-electron chi connectivity index (χ0n) is 7.37. The number of rotatable bonds is 0. The molecule has 2 atom stereocenters. The zero-order valence-corrected chi connectivity index (χ0v) is 9.00. The van der Waals surface area contributed by atoms with E-state index in [9.17, 15) is 0 Å². The molecule has 2 unspecified atom stereocenters. The van der Waals surface area contributed by atoms with E-state index in [2.05, 4.69) is 16.2 Å². The van der Waals surface area contributed by atoms with Gasteiger partial charge in [-0.05, 0) is 24.4 Å². The van der Waals surface area contributed by atoms with Gasteiger partial charge in [0.25, 0.3) is 0 Å². The Morgan fingerprint density at radius 3 is 2.46 bits per heavy atom. The minimum atomic E-state index is 0.117. The number of hydrazine groups is 1. The molecule has 13 heavy (non-hydrogen) atoms. The van der Waals surface area contributed by atoms with Gasteiger partial charge in [-0.25, -0.2) is 5.43 Å². The average molecular weight is 217 g/mol. The van der Waals surface area contributed by atoms with Gasteiger partial charge in [0.2, 0.25) is 0 Å². The molecule has 2 rings (SSSR count). The topological polar surface area (TPSA) is 42.6 Å². The Bertz CT molecular complexity index is 268.